The van der Waals surface area contributed by atoms with Crippen LogP contribution in [0.4, 0.5) is 21.4 Å². The lowest BCUT2D eigenvalue weighted by atomic mass is 9.76. The number of hydrogen-bond acceptors (Lipinski definition) is 1. The Labute approximate surface area is 158 Å². The molecule has 0 atom stereocenters. The summed E-state index contributed by atoms with van der Waals surface area (Å²) in [7, 11) is -3.84. The molecule has 1 aliphatic heterocycles. The lowest BCUT2D eigenvalue weighted by Gasteiger charge is -2.31. The molecule has 1 saturated heterocycles. The first-order valence-corrected chi connectivity index (χ1v) is 12.1. The number of alkyl halides is 3. The molecule has 1 heterocycles. The number of hydrogen-bond donors (Lipinski definition) is 0. The number of halogens is 5. The van der Waals surface area contributed by atoms with E-state index in [-0.39, 0.29) is 17.8 Å². The molecule has 3 rings (SSSR count). The monoisotopic (exact) mass is 406 g/mol. The summed E-state index contributed by atoms with van der Waals surface area (Å²) in [5.74, 6) is 1.35. The highest BCUT2D eigenvalue weighted by atomic mass is 28.4. The first-order valence-electron chi connectivity index (χ1n) is 9.94. The summed E-state index contributed by atoms with van der Waals surface area (Å²) in [6.45, 7) is 0. The molecule has 1 aromatic rings. The van der Waals surface area contributed by atoms with Crippen LogP contribution in [-0.2, 0) is 0 Å². The summed E-state index contributed by atoms with van der Waals surface area (Å²) in [5.41, 5.74) is 1.07. The van der Waals surface area contributed by atoms with Gasteiger partial charge < -0.3 is 4.74 Å². The molecule has 2 fully saturated rings. The predicted octanol–water partition coefficient (Wildman–Crippen LogP) is 7.43. The van der Waals surface area contributed by atoms with Crippen molar-refractivity contribution in [1.29, 1.82) is 0 Å². The van der Waals surface area contributed by atoms with Gasteiger partial charge in [0.05, 0.1) is 0 Å². The number of benzene rings is 1. The van der Waals surface area contributed by atoms with Gasteiger partial charge in [0.1, 0.15) is 5.75 Å². The van der Waals surface area contributed by atoms with Gasteiger partial charge in [-0.1, -0.05) is 25.0 Å². The number of ether oxygens (including phenoxy) is 1. The average Bonchev–Trinajstić information content (AvgIpc) is 2.61. The molecule has 2 aliphatic rings. The molecule has 7 heteroatoms. The molecule has 0 aromatic heterocycles. The van der Waals surface area contributed by atoms with Crippen molar-refractivity contribution in [3.8, 4) is 5.75 Å². The molecule has 27 heavy (non-hydrogen) atoms. The third kappa shape index (κ3) is 6.47. The van der Waals surface area contributed by atoms with E-state index in [1.165, 1.54) is 12.1 Å². The Morgan fingerprint density at radius 2 is 1.33 bits per heavy atom. The molecule has 0 radical (unpaired) electrons. The first kappa shape index (κ1) is 20.6. The van der Waals surface area contributed by atoms with Crippen molar-refractivity contribution in [3.05, 3.63) is 29.8 Å². The Morgan fingerprint density at radius 1 is 0.815 bits per heavy atom. The van der Waals surface area contributed by atoms with E-state index in [4.69, 9.17) is 0 Å². The highest BCUT2D eigenvalue weighted by molar-refractivity contribution is 6.66. The van der Waals surface area contributed by atoms with Crippen LogP contribution < -0.4 is 4.74 Å². The van der Waals surface area contributed by atoms with Crippen LogP contribution in [0.15, 0.2) is 24.3 Å². The van der Waals surface area contributed by atoms with Crippen molar-refractivity contribution < 1.29 is 26.1 Å². The summed E-state index contributed by atoms with van der Waals surface area (Å²) in [5, 5.41) is 0. The van der Waals surface area contributed by atoms with Gasteiger partial charge in [0, 0.05) is 0 Å². The lowest BCUT2D eigenvalue weighted by Crippen LogP contribution is -2.29. The normalized spacial score (nSPS) is 26.7. The minimum atomic E-state index is -4.66. The molecule has 1 aromatic carbocycles. The topological polar surface area (TPSA) is 9.23 Å². The van der Waals surface area contributed by atoms with E-state index in [9.17, 15) is 21.4 Å². The molecular weight excluding hydrogens is 379 g/mol. The van der Waals surface area contributed by atoms with Gasteiger partial charge >= 0.3 is 15.1 Å². The Hall–Kier alpha value is -1.11. The summed E-state index contributed by atoms with van der Waals surface area (Å²) in [6.07, 6.45) is 3.27. The molecule has 0 bridgehead atoms. The second kappa shape index (κ2) is 8.49. The number of rotatable bonds is 5. The third-order valence-corrected chi connectivity index (χ3v) is 8.29. The van der Waals surface area contributed by atoms with Crippen molar-refractivity contribution in [3.63, 3.8) is 0 Å². The van der Waals surface area contributed by atoms with E-state index >= 15 is 0 Å². The Kier molecular flexibility index (Phi) is 6.49. The molecule has 0 spiro atoms. The standard InChI is InChI=1S/C20H27F5OSi/c21-20(22,23)26-19-9-7-18(8-10-19)17-5-3-15(4-6-17)1-2-16-11-13-27(24,25)14-12-16/h7-10,15-17H,1-6,11-14H2. The smallest absolute Gasteiger partial charge is 0.406 e. The zero-order valence-corrected chi connectivity index (χ0v) is 16.4. The van der Waals surface area contributed by atoms with Crippen LogP contribution >= 0.6 is 0 Å². The van der Waals surface area contributed by atoms with Crippen molar-refractivity contribution in [1.82, 2.24) is 0 Å². The van der Waals surface area contributed by atoms with Gasteiger partial charge in [-0.2, -0.15) is 0 Å². The average molecular weight is 407 g/mol. The quantitative estimate of drug-likeness (QED) is 0.281. The van der Waals surface area contributed by atoms with Gasteiger partial charge in [-0.05, 0) is 86.1 Å². The maximum Gasteiger partial charge on any atom is 0.573 e. The van der Waals surface area contributed by atoms with Crippen LogP contribution in [0.3, 0.4) is 0 Å². The first-order chi connectivity index (χ1) is 12.7. The Balaban J connectivity index is 1.40. The molecule has 0 amide bonds. The molecule has 152 valence electrons. The van der Waals surface area contributed by atoms with Crippen LogP contribution in [0.5, 0.6) is 5.75 Å². The molecule has 1 saturated carbocycles. The summed E-state index contributed by atoms with van der Waals surface area (Å²) < 4.78 is 67.3. The zero-order chi connectivity index (χ0) is 19.5. The van der Waals surface area contributed by atoms with Crippen LogP contribution in [0.1, 0.15) is 62.8 Å². The fourth-order valence-corrected chi connectivity index (χ4v) is 6.50. The summed E-state index contributed by atoms with van der Waals surface area (Å²) >= 11 is 0. The fourth-order valence-electron chi connectivity index (χ4n) is 4.59. The minimum absolute atomic E-state index is 0.179. The van der Waals surface area contributed by atoms with Gasteiger partial charge in [0.25, 0.3) is 0 Å². The van der Waals surface area contributed by atoms with E-state index in [1.54, 1.807) is 12.1 Å². The van der Waals surface area contributed by atoms with Crippen LogP contribution in [0.2, 0.25) is 12.1 Å². The molecular formula is C20H27F5OSi. The molecule has 1 aliphatic carbocycles. The van der Waals surface area contributed by atoms with E-state index in [0.29, 0.717) is 30.6 Å². The van der Waals surface area contributed by atoms with E-state index in [0.717, 1.165) is 44.1 Å². The predicted molar refractivity (Wildman–Crippen MR) is 97.4 cm³/mol. The third-order valence-electron chi connectivity index (χ3n) is 6.25. The van der Waals surface area contributed by atoms with Gasteiger partial charge in [0.2, 0.25) is 0 Å². The summed E-state index contributed by atoms with van der Waals surface area (Å²) in [4.78, 5) is 0. The maximum absolute atomic E-state index is 13.4. The summed E-state index contributed by atoms with van der Waals surface area (Å²) in [6, 6.07) is 6.60. The second-order valence-electron chi connectivity index (χ2n) is 8.21. The Morgan fingerprint density at radius 3 is 1.85 bits per heavy atom. The van der Waals surface area contributed by atoms with E-state index < -0.39 is 15.1 Å². The zero-order valence-electron chi connectivity index (χ0n) is 15.4. The molecule has 0 unspecified atom stereocenters. The van der Waals surface area contributed by atoms with Crippen molar-refractivity contribution in [2.45, 2.75) is 75.7 Å². The van der Waals surface area contributed by atoms with Gasteiger partial charge in [-0.3, -0.25) is 8.22 Å². The van der Waals surface area contributed by atoms with Crippen LogP contribution in [-0.4, -0.2) is 15.1 Å². The van der Waals surface area contributed by atoms with Gasteiger partial charge in [0.15, 0.2) is 0 Å². The van der Waals surface area contributed by atoms with E-state index in [2.05, 4.69) is 4.74 Å². The molecule has 1 nitrogen and oxygen atoms in total. The highest BCUT2D eigenvalue weighted by Crippen LogP contribution is 2.41. The fraction of sp³-hybridized carbons (Fsp3) is 0.700. The minimum Gasteiger partial charge on any atom is -0.406 e. The van der Waals surface area contributed by atoms with Crippen molar-refractivity contribution in [2.75, 3.05) is 0 Å². The highest BCUT2D eigenvalue weighted by Gasteiger charge is 2.39. The van der Waals surface area contributed by atoms with Crippen LogP contribution in [0.25, 0.3) is 0 Å². The molecule has 0 N–H and O–H groups in total. The van der Waals surface area contributed by atoms with Crippen LogP contribution in [0, 0.1) is 11.8 Å². The Bertz CT molecular complexity index is 583. The van der Waals surface area contributed by atoms with Crippen molar-refractivity contribution in [2.24, 2.45) is 11.8 Å². The van der Waals surface area contributed by atoms with Gasteiger partial charge in [-0.15, -0.1) is 13.2 Å². The van der Waals surface area contributed by atoms with Crippen molar-refractivity contribution >= 4 is 8.74 Å². The largest absolute Gasteiger partial charge is 0.573 e. The lowest BCUT2D eigenvalue weighted by molar-refractivity contribution is -0.274. The van der Waals surface area contributed by atoms with E-state index in [1.807, 2.05) is 0 Å². The SMILES string of the molecule is FC(F)(F)Oc1ccc(C2CCC(CCC3CC[Si](F)(F)CC3)CC2)cc1. The second-order valence-corrected chi connectivity index (χ2v) is 10.9. The maximum atomic E-state index is 13.4. The van der Waals surface area contributed by atoms with Gasteiger partial charge in [-0.25, -0.2) is 0 Å².